The molecule has 2 saturated heterocycles. The molecule has 140 valence electrons. The molecule has 4 rings (SSSR count). The van der Waals surface area contributed by atoms with Crippen molar-refractivity contribution in [1.29, 1.82) is 0 Å². The summed E-state index contributed by atoms with van der Waals surface area (Å²) in [4.78, 5) is 32.9. The molecule has 2 aliphatic rings. The average Bonchev–Trinajstić information content (AvgIpc) is 2.93. The van der Waals surface area contributed by atoms with E-state index in [1.165, 1.54) is 5.56 Å². The molecule has 0 unspecified atom stereocenters. The molecule has 0 radical (unpaired) electrons. The van der Waals surface area contributed by atoms with E-state index in [1.807, 2.05) is 25.1 Å². The molecular formula is C21H24N4O2. The van der Waals surface area contributed by atoms with Crippen LogP contribution in [0.2, 0.25) is 0 Å². The molecule has 27 heavy (non-hydrogen) atoms. The zero-order chi connectivity index (χ0) is 18.9. The van der Waals surface area contributed by atoms with Gasteiger partial charge in [-0.15, -0.1) is 0 Å². The lowest BCUT2D eigenvalue weighted by Crippen LogP contribution is -2.56. The lowest BCUT2D eigenvalue weighted by Gasteiger charge is -2.41. The molecule has 1 spiro atoms. The van der Waals surface area contributed by atoms with Crippen LogP contribution in [0.25, 0.3) is 11.3 Å². The van der Waals surface area contributed by atoms with Gasteiger partial charge in [-0.3, -0.25) is 20.0 Å². The first-order valence-corrected chi connectivity index (χ1v) is 9.48. The molecular weight excluding hydrogens is 340 g/mol. The highest BCUT2D eigenvalue weighted by Crippen LogP contribution is 2.33. The Bertz CT molecular complexity index is 844. The molecule has 3 heterocycles. The predicted octanol–water partition coefficient (Wildman–Crippen LogP) is 2.65. The maximum Gasteiger partial charge on any atom is 0.325 e. The number of carbonyl (C=O) groups excluding carboxylic acids is 2. The average molecular weight is 364 g/mol. The first kappa shape index (κ1) is 17.7. The van der Waals surface area contributed by atoms with Crippen LogP contribution < -0.4 is 5.32 Å². The molecule has 0 atom stereocenters. The smallest absolute Gasteiger partial charge is 0.310 e. The number of carbonyl (C=O) groups is 2. The number of nitrogens with one attached hydrogen (secondary N) is 1. The lowest BCUT2D eigenvalue weighted by atomic mass is 9.86. The van der Waals surface area contributed by atoms with Crippen molar-refractivity contribution in [2.75, 3.05) is 19.6 Å². The highest BCUT2D eigenvalue weighted by Gasteiger charge is 2.53. The predicted molar refractivity (Wildman–Crippen MR) is 103 cm³/mol. The number of likely N-dealkylation sites (N-methyl/N-ethyl adjacent to an activating group) is 1. The number of hydrogen-bond acceptors (Lipinski definition) is 4. The summed E-state index contributed by atoms with van der Waals surface area (Å²) in [5.41, 5.74) is 2.66. The summed E-state index contributed by atoms with van der Waals surface area (Å²) in [6.07, 6.45) is 3.16. The zero-order valence-corrected chi connectivity index (χ0v) is 15.5. The number of pyridine rings is 1. The Balaban J connectivity index is 1.44. The SMILES string of the molecule is CCN1C(=O)NC(=O)C12CCN(Cc1cccc(-c3ccccn3)c1)CC2. The monoisotopic (exact) mass is 364 g/mol. The summed E-state index contributed by atoms with van der Waals surface area (Å²) in [5, 5.41) is 2.49. The third kappa shape index (κ3) is 3.21. The van der Waals surface area contributed by atoms with Crippen LogP contribution in [0.3, 0.4) is 0 Å². The zero-order valence-electron chi connectivity index (χ0n) is 15.5. The second kappa shape index (κ2) is 7.12. The number of urea groups is 1. The van der Waals surface area contributed by atoms with E-state index in [2.05, 4.69) is 39.5 Å². The van der Waals surface area contributed by atoms with E-state index in [1.54, 1.807) is 11.1 Å². The fourth-order valence-corrected chi connectivity index (χ4v) is 4.24. The van der Waals surface area contributed by atoms with Crippen LogP contribution in [0, 0.1) is 0 Å². The Morgan fingerprint density at radius 1 is 1.11 bits per heavy atom. The Labute approximate surface area is 159 Å². The van der Waals surface area contributed by atoms with Crippen LogP contribution in [-0.4, -0.2) is 51.9 Å². The first-order valence-electron chi connectivity index (χ1n) is 9.48. The van der Waals surface area contributed by atoms with Crippen molar-refractivity contribution in [1.82, 2.24) is 20.1 Å². The number of aromatic nitrogens is 1. The van der Waals surface area contributed by atoms with Crippen molar-refractivity contribution in [3.8, 4) is 11.3 Å². The normalized spacial score (nSPS) is 19.5. The third-order valence-corrected chi connectivity index (χ3v) is 5.70. The molecule has 2 aliphatic heterocycles. The maximum absolute atomic E-state index is 12.4. The van der Waals surface area contributed by atoms with E-state index < -0.39 is 5.54 Å². The van der Waals surface area contributed by atoms with E-state index in [-0.39, 0.29) is 11.9 Å². The molecule has 6 nitrogen and oxygen atoms in total. The van der Waals surface area contributed by atoms with Crippen molar-refractivity contribution < 1.29 is 9.59 Å². The Morgan fingerprint density at radius 2 is 1.93 bits per heavy atom. The lowest BCUT2D eigenvalue weighted by molar-refractivity contribution is -0.129. The summed E-state index contributed by atoms with van der Waals surface area (Å²) in [5.74, 6) is -0.133. The van der Waals surface area contributed by atoms with Gasteiger partial charge in [0, 0.05) is 37.9 Å². The van der Waals surface area contributed by atoms with E-state index in [4.69, 9.17) is 0 Å². The molecule has 1 N–H and O–H groups in total. The van der Waals surface area contributed by atoms with E-state index in [9.17, 15) is 9.59 Å². The summed E-state index contributed by atoms with van der Waals surface area (Å²) in [6.45, 7) is 4.91. The summed E-state index contributed by atoms with van der Waals surface area (Å²) >= 11 is 0. The van der Waals surface area contributed by atoms with Gasteiger partial charge in [0.25, 0.3) is 5.91 Å². The van der Waals surface area contributed by atoms with Gasteiger partial charge in [0.2, 0.25) is 0 Å². The fourth-order valence-electron chi connectivity index (χ4n) is 4.24. The molecule has 1 aromatic carbocycles. The fraction of sp³-hybridized carbons (Fsp3) is 0.381. The number of benzene rings is 1. The van der Waals surface area contributed by atoms with Crippen LogP contribution >= 0.6 is 0 Å². The topological polar surface area (TPSA) is 65.5 Å². The molecule has 6 heteroatoms. The maximum atomic E-state index is 12.4. The van der Waals surface area contributed by atoms with Gasteiger partial charge < -0.3 is 4.90 Å². The molecule has 0 bridgehead atoms. The van der Waals surface area contributed by atoms with E-state index >= 15 is 0 Å². The number of likely N-dealkylation sites (tertiary alicyclic amines) is 1. The van der Waals surface area contributed by atoms with Gasteiger partial charge in [0.05, 0.1) is 5.69 Å². The Morgan fingerprint density at radius 3 is 2.63 bits per heavy atom. The van der Waals surface area contributed by atoms with Crippen LogP contribution in [0.4, 0.5) is 4.79 Å². The molecule has 0 saturated carbocycles. The summed E-state index contributed by atoms with van der Waals surface area (Å²) < 4.78 is 0. The number of piperidine rings is 1. The van der Waals surface area contributed by atoms with Gasteiger partial charge in [0.1, 0.15) is 5.54 Å². The minimum absolute atomic E-state index is 0.133. The van der Waals surface area contributed by atoms with Crippen molar-refractivity contribution in [2.45, 2.75) is 31.8 Å². The summed E-state index contributed by atoms with van der Waals surface area (Å²) in [7, 11) is 0. The van der Waals surface area contributed by atoms with Crippen LogP contribution in [-0.2, 0) is 11.3 Å². The van der Waals surface area contributed by atoms with Gasteiger partial charge >= 0.3 is 6.03 Å². The van der Waals surface area contributed by atoms with Crippen molar-refractivity contribution in [2.24, 2.45) is 0 Å². The first-order chi connectivity index (χ1) is 13.1. The minimum atomic E-state index is -0.655. The van der Waals surface area contributed by atoms with Gasteiger partial charge in [-0.2, -0.15) is 0 Å². The van der Waals surface area contributed by atoms with Crippen molar-refractivity contribution in [3.63, 3.8) is 0 Å². The standard InChI is InChI=1S/C21H24N4O2/c1-2-25-20(27)23-19(26)21(25)9-12-24(13-10-21)15-16-6-5-7-17(14-16)18-8-3-4-11-22-18/h3-8,11,14H,2,9-10,12-13,15H2,1H3,(H,23,26,27). The largest absolute Gasteiger partial charge is 0.325 e. The van der Waals surface area contributed by atoms with Gasteiger partial charge in [-0.25, -0.2) is 4.79 Å². The van der Waals surface area contributed by atoms with E-state index in [0.717, 1.165) is 30.9 Å². The Kier molecular flexibility index (Phi) is 4.66. The van der Waals surface area contributed by atoms with Crippen molar-refractivity contribution in [3.05, 3.63) is 54.2 Å². The number of hydrogen-bond donors (Lipinski definition) is 1. The quantitative estimate of drug-likeness (QED) is 0.847. The molecule has 1 aromatic heterocycles. The number of imide groups is 1. The number of nitrogens with zero attached hydrogens (tertiary/aromatic N) is 3. The molecule has 3 amide bonds. The van der Waals surface area contributed by atoms with Crippen molar-refractivity contribution >= 4 is 11.9 Å². The minimum Gasteiger partial charge on any atom is -0.310 e. The van der Waals surface area contributed by atoms with E-state index in [0.29, 0.717) is 19.4 Å². The van der Waals surface area contributed by atoms with Crippen LogP contribution in [0.5, 0.6) is 0 Å². The highest BCUT2D eigenvalue weighted by atomic mass is 16.2. The number of rotatable bonds is 4. The Hall–Kier alpha value is -2.73. The highest BCUT2D eigenvalue weighted by molar-refractivity contribution is 6.07. The van der Waals surface area contributed by atoms with Gasteiger partial charge in [-0.1, -0.05) is 24.3 Å². The van der Waals surface area contributed by atoms with Gasteiger partial charge in [0.15, 0.2) is 0 Å². The summed E-state index contributed by atoms with van der Waals surface area (Å²) in [6, 6.07) is 14.1. The second-order valence-electron chi connectivity index (χ2n) is 7.23. The van der Waals surface area contributed by atoms with Gasteiger partial charge in [-0.05, 0) is 43.5 Å². The second-order valence-corrected chi connectivity index (χ2v) is 7.23. The van der Waals surface area contributed by atoms with Crippen LogP contribution in [0.15, 0.2) is 48.7 Å². The number of amides is 3. The van der Waals surface area contributed by atoms with Crippen LogP contribution in [0.1, 0.15) is 25.3 Å². The molecule has 2 aromatic rings. The molecule has 2 fully saturated rings. The molecule has 0 aliphatic carbocycles. The third-order valence-electron chi connectivity index (χ3n) is 5.70.